The van der Waals surface area contributed by atoms with Gasteiger partial charge < -0.3 is 19.7 Å². The molecule has 1 N–H and O–H groups in total. The highest BCUT2D eigenvalue weighted by atomic mass is 32.1. The van der Waals surface area contributed by atoms with E-state index in [4.69, 9.17) is 4.74 Å². The van der Waals surface area contributed by atoms with Crippen LogP contribution in [0.1, 0.15) is 17.4 Å². The first kappa shape index (κ1) is 21.2. The van der Waals surface area contributed by atoms with Crippen LogP contribution in [0, 0.1) is 0 Å². The lowest BCUT2D eigenvalue weighted by Crippen LogP contribution is -2.40. The number of ether oxygens (including phenoxy) is 2. The van der Waals surface area contributed by atoms with Crippen molar-refractivity contribution < 1.29 is 27.8 Å². The fourth-order valence-electron chi connectivity index (χ4n) is 3.37. The van der Waals surface area contributed by atoms with E-state index in [1.165, 1.54) is 48.7 Å². The standard InChI is InChI=1S/C20H20F2N4O4S/c1-20(13-2-4-14(5-3-13)30-18(21)22)17(27)26(19(28)24-20)23-12-15-6-7-16(31-15)25-8-10-29-11-9-25/h2-7,12,18H,8-11H2,1H3,(H,24,28)/b23-12-/t20-/m0/s1. The summed E-state index contributed by atoms with van der Waals surface area (Å²) in [6.45, 7) is 1.57. The molecule has 1 aromatic heterocycles. The maximum atomic E-state index is 12.9. The molecule has 0 spiro atoms. The Hall–Kier alpha value is -3.05. The summed E-state index contributed by atoms with van der Waals surface area (Å²) in [7, 11) is 0. The van der Waals surface area contributed by atoms with E-state index in [0.29, 0.717) is 18.8 Å². The molecule has 1 atom stereocenters. The van der Waals surface area contributed by atoms with Crippen LogP contribution in [0.4, 0.5) is 18.6 Å². The molecule has 8 nitrogen and oxygen atoms in total. The van der Waals surface area contributed by atoms with E-state index in [2.05, 4.69) is 20.1 Å². The van der Waals surface area contributed by atoms with Crippen LogP contribution in [0.15, 0.2) is 41.5 Å². The molecule has 3 amide bonds. The van der Waals surface area contributed by atoms with E-state index in [-0.39, 0.29) is 5.75 Å². The van der Waals surface area contributed by atoms with E-state index in [9.17, 15) is 18.4 Å². The van der Waals surface area contributed by atoms with Gasteiger partial charge in [0.25, 0.3) is 5.91 Å². The fraction of sp³-hybridized carbons (Fsp3) is 0.350. The van der Waals surface area contributed by atoms with Crippen LogP contribution in [0.5, 0.6) is 5.75 Å². The molecule has 0 saturated carbocycles. The second-order valence-electron chi connectivity index (χ2n) is 7.09. The highest BCUT2D eigenvalue weighted by Gasteiger charge is 2.49. The van der Waals surface area contributed by atoms with Crippen LogP contribution in [-0.2, 0) is 15.1 Å². The number of benzene rings is 1. The smallest absolute Gasteiger partial charge is 0.387 e. The number of anilines is 1. The van der Waals surface area contributed by atoms with Gasteiger partial charge in [0.15, 0.2) is 0 Å². The van der Waals surface area contributed by atoms with Gasteiger partial charge in [-0.3, -0.25) is 4.79 Å². The summed E-state index contributed by atoms with van der Waals surface area (Å²) in [5, 5.41) is 8.54. The van der Waals surface area contributed by atoms with Crippen LogP contribution in [0.2, 0.25) is 0 Å². The Morgan fingerprint density at radius 3 is 2.58 bits per heavy atom. The Morgan fingerprint density at radius 1 is 1.19 bits per heavy atom. The molecule has 2 fully saturated rings. The van der Waals surface area contributed by atoms with Gasteiger partial charge in [-0.2, -0.15) is 13.9 Å². The number of hydrogen-bond acceptors (Lipinski definition) is 7. The van der Waals surface area contributed by atoms with Crippen LogP contribution in [0.25, 0.3) is 0 Å². The predicted octanol–water partition coefficient (Wildman–Crippen LogP) is 2.99. The molecule has 1 aromatic carbocycles. The van der Waals surface area contributed by atoms with Crippen molar-refractivity contribution in [3.63, 3.8) is 0 Å². The molecular formula is C20H20F2N4O4S. The number of morpholine rings is 1. The number of imide groups is 1. The van der Waals surface area contributed by atoms with E-state index in [1.807, 2.05) is 12.1 Å². The summed E-state index contributed by atoms with van der Waals surface area (Å²) in [5.74, 6) is -0.607. The number of alkyl halides is 2. The first-order chi connectivity index (χ1) is 14.9. The number of thiophene rings is 1. The van der Waals surface area contributed by atoms with Crippen molar-refractivity contribution in [3.8, 4) is 5.75 Å². The topological polar surface area (TPSA) is 83.5 Å². The van der Waals surface area contributed by atoms with Crippen molar-refractivity contribution >= 4 is 34.5 Å². The van der Waals surface area contributed by atoms with Gasteiger partial charge in [0.2, 0.25) is 0 Å². The van der Waals surface area contributed by atoms with Gasteiger partial charge in [-0.15, -0.1) is 16.3 Å². The first-order valence-corrected chi connectivity index (χ1v) is 10.4. The van der Waals surface area contributed by atoms with Crippen molar-refractivity contribution in [2.24, 2.45) is 5.10 Å². The second-order valence-corrected chi connectivity index (χ2v) is 8.19. The molecule has 2 aliphatic heterocycles. The number of nitrogens with zero attached hydrogens (tertiary/aromatic N) is 3. The number of hydrogen-bond donors (Lipinski definition) is 1. The van der Waals surface area contributed by atoms with Gasteiger partial charge in [0.05, 0.1) is 24.4 Å². The number of carbonyl (C=O) groups is 2. The molecule has 2 aromatic rings. The zero-order chi connectivity index (χ0) is 22.0. The van der Waals surface area contributed by atoms with Crippen LogP contribution in [-0.4, -0.2) is 56.1 Å². The summed E-state index contributed by atoms with van der Waals surface area (Å²) < 4.78 is 34.3. The molecule has 31 heavy (non-hydrogen) atoms. The molecule has 0 aliphatic carbocycles. The largest absolute Gasteiger partial charge is 0.435 e. The Bertz CT molecular complexity index is 991. The third-order valence-electron chi connectivity index (χ3n) is 5.06. The second kappa shape index (κ2) is 8.60. The van der Waals surface area contributed by atoms with Gasteiger partial charge >= 0.3 is 12.6 Å². The molecule has 2 aliphatic rings. The third-order valence-corrected chi connectivity index (χ3v) is 6.14. The summed E-state index contributed by atoms with van der Waals surface area (Å²) >= 11 is 1.50. The quantitative estimate of drug-likeness (QED) is 0.541. The lowest BCUT2D eigenvalue weighted by atomic mass is 9.92. The van der Waals surface area contributed by atoms with E-state index in [1.54, 1.807) is 0 Å². The average Bonchev–Trinajstić information content (AvgIpc) is 3.31. The van der Waals surface area contributed by atoms with Crippen LogP contribution < -0.4 is 15.0 Å². The molecule has 164 valence electrons. The van der Waals surface area contributed by atoms with Crippen LogP contribution >= 0.6 is 11.3 Å². The van der Waals surface area contributed by atoms with E-state index in [0.717, 1.165) is 28.0 Å². The normalized spacial score (nSPS) is 21.9. The Labute approximate surface area is 181 Å². The fourth-order valence-corrected chi connectivity index (χ4v) is 4.30. The number of nitrogens with one attached hydrogen (secondary N) is 1. The molecule has 3 heterocycles. The zero-order valence-corrected chi connectivity index (χ0v) is 17.4. The minimum Gasteiger partial charge on any atom is -0.435 e. The molecule has 11 heteroatoms. The summed E-state index contributed by atoms with van der Waals surface area (Å²) in [6, 6.07) is 8.72. The zero-order valence-electron chi connectivity index (χ0n) is 16.6. The number of amides is 3. The third kappa shape index (κ3) is 4.37. The molecular weight excluding hydrogens is 430 g/mol. The SMILES string of the molecule is C[C@@]1(c2ccc(OC(F)F)cc2)NC(=O)N(/N=C\c2ccc(N3CCOCC3)s2)C1=O. The molecule has 4 rings (SSSR count). The van der Waals surface area contributed by atoms with Gasteiger partial charge in [0.1, 0.15) is 11.3 Å². The van der Waals surface area contributed by atoms with Gasteiger partial charge in [-0.05, 0) is 36.8 Å². The van der Waals surface area contributed by atoms with Crippen molar-refractivity contribution in [2.45, 2.75) is 19.1 Å². The van der Waals surface area contributed by atoms with Gasteiger partial charge in [-0.1, -0.05) is 12.1 Å². The Kier molecular flexibility index (Phi) is 5.88. The molecule has 2 saturated heterocycles. The number of hydrazone groups is 1. The summed E-state index contributed by atoms with van der Waals surface area (Å²) in [4.78, 5) is 28.3. The highest BCUT2D eigenvalue weighted by molar-refractivity contribution is 7.17. The minimum absolute atomic E-state index is 0.0391. The Morgan fingerprint density at radius 2 is 1.90 bits per heavy atom. The van der Waals surface area contributed by atoms with Gasteiger partial charge in [-0.25, -0.2) is 4.79 Å². The first-order valence-electron chi connectivity index (χ1n) is 9.55. The number of urea groups is 1. The van der Waals surface area contributed by atoms with Crippen molar-refractivity contribution in [1.82, 2.24) is 10.3 Å². The van der Waals surface area contributed by atoms with Crippen molar-refractivity contribution in [2.75, 3.05) is 31.2 Å². The maximum absolute atomic E-state index is 12.9. The lowest BCUT2D eigenvalue weighted by Gasteiger charge is -2.27. The molecule has 0 radical (unpaired) electrons. The lowest BCUT2D eigenvalue weighted by molar-refractivity contribution is -0.131. The number of rotatable bonds is 6. The average molecular weight is 450 g/mol. The summed E-state index contributed by atoms with van der Waals surface area (Å²) in [5.41, 5.74) is -0.942. The Balaban J connectivity index is 1.47. The van der Waals surface area contributed by atoms with Gasteiger partial charge in [0, 0.05) is 18.0 Å². The predicted molar refractivity (Wildman–Crippen MR) is 111 cm³/mol. The highest BCUT2D eigenvalue weighted by Crippen LogP contribution is 2.31. The molecule has 0 bridgehead atoms. The van der Waals surface area contributed by atoms with E-state index >= 15 is 0 Å². The van der Waals surface area contributed by atoms with Crippen molar-refractivity contribution in [1.29, 1.82) is 0 Å². The maximum Gasteiger partial charge on any atom is 0.387 e. The number of halogens is 2. The van der Waals surface area contributed by atoms with Crippen molar-refractivity contribution in [3.05, 3.63) is 46.8 Å². The number of carbonyl (C=O) groups excluding carboxylic acids is 2. The minimum atomic E-state index is -2.94. The van der Waals surface area contributed by atoms with E-state index < -0.39 is 24.1 Å². The summed E-state index contributed by atoms with van der Waals surface area (Å²) in [6.07, 6.45) is 1.47. The van der Waals surface area contributed by atoms with Crippen LogP contribution in [0.3, 0.4) is 0 Å². The molecule has 0 unspecified atom stereocenters. The monoisotopic (exact) mass is 450 g/mol.